The highest BCUT2D eigenvalue weighted by atomic mass is 16.5. The normalized spacial score (nSPS) is 18.2. The minimum Gasteiger partial charge on any atom is -0.494 e. The van der Waals surface area contributed by atoms with Crippen molar-refractivity contribution in [2.75, 3.05) is 61.9 Å². The molecule has 4 heterocycles. The fraction of sp³-hybridized carbons (Fsp3) is 0.440. The molecule has 0 saturated carbocycles. The number of hydrogen-bond acceptors (Lipinski definition) is 8. The van der Waals surface area contributed by atoms with Crippen molar-refractivity contribution in [1.29, 1.82) is 0 Å². The first-order valence-corrected chi connectivity index (χ1v) is 12.3. The fourth-order valence-electron chi connectivity index (χ4n) is 4.74. The molecular weight excluding hydrogens is 460 g/mol. The summed E-state index contributed by atoms with van der Waals surface area (Å²) in [5.41, 5.74) is 2.42. The Hall–Kier alpha value is -3.86. The molecule has 36 heavy (non-hydrogen) atoms. The van der Waals surface area contributed by atoms with E-state index < -0.39 is 0 Å². The SMILES string of the molecule is COc1cc(N2CCN(C(C)=O)CC2)ccc1NC(=O)c1cnn2ccc(N[C@@H]3CCCNC3)nc12. The van der Waals surface area contributed by atoms with Crippen LogP contribution in [-0.2, 0) is 4.79 Å². The van der Waals surface area contributed by atoms with E-state index in [4.69, 9.17) is 4.74 Å². The lowest BCUT2D eigenvalue weighted by Gasteiger charge is -2.35. The number of methoxy groups -OCH3 is 1. The van der Waals surface area contributed by atoms with E-state index in [-0.39, 0.29) is 11.8 Å². The van der Waals surface area contributed by atoms with Crippen molar-refractivity contribution in [3.05, 3.63) is 42.2 Å². The van der Waals surface area contributed by atoms with Crippen LogP contribution in [0.15, 0.2) is 36.7 Å². The maximum absolute atomic E-state index is 13.2. The van der Waals surface area contributed by atoms with Gasteiger partial charge in [0.15, 0.2) is 5.65 Å². The Kier molecular flexibility index (Phi) is 6.90. The number of piperazine rings is 1. The van der Waals surface area contributed by atoms with Crippen molar-refractivity contribution in [1.82, 2.24) is 24.8 Å². The third-order valence-electron chi connectivity index (χ3n) is 6.79. The van der Waals surface area contributed by atoms with E-state index in [0.29, 0.717) is 41.8 Å². The van der Waals surface area contributed by atoms with Gasteiger partial charge in [-0.1, -0.05) is 0 Å². The van der Waals surface area contributed by atoms with Crippen LogP contribution in [0.3, 0.4) is 0 Å². The number of aromatic nitrogens is 3. The molecule has 3 N–H and O–H groups in total. The summed E-state index contributed by atoms with van der Waals surface area (Å²) >= 11 is 0. The second kappa shape index (κ2) is 10.4. The number of amides is 2. The second-order valence-corrected chi connectivity index (χ2v) is 9.16. The van der Waals surface area contributed by atoms with Gasteiger partial charge in [-0.15, -0.1) is 0 Å². The van der Waals surface area contributed by atoms with E-state index >= 15 is 0 Å². The molecule has 11 heteroatoms. The van der Waals surface area contributed by atoms with Gasteiger partial charge in [0.1, 0.15) is 17.1 Å². The largest absolute Gasteiger partial charge is 0.494 e. The van der Waals surface area contributed by atoms with E-state index in [0.717, 1.165) is 50.5 Å². The highest BCUT2D eigenvalue weighted by Crippen LogP contribution is 2.31. The molecule has 3 aromatic rings. The molecule has 0 radical (unpaired) electrons. The molecule has 1 atom stereocenters. The number of rotatable bonds is 6. The number of ether oxygens (including phenoxy) is 1. The maximum atomic E-state index is 13.2. The van der Waals surface area contributed by atoms with E-state index in [1.807, 2.05) is 29.2 Å². The Morgan fingerprint density at radius 2 is 2.00 bits per heavy atom. The minimum absolute atomic E-state index is 0.0985. The van der Waals surface area contributed by atoms with Gasteiger partial charge in [-0.3, -0.25) is 9.59 Å². The number of piperidine rings is 1. The molecule has 11 nitrogen and oxygen atoms in total. The Morgan fingerprint density at radius 1 is 1.17 bits per heavy atom. The summed E-state index contributed by atoms with van der Waals surface area (Å²) in [6.07, 6.45) is 5.53. The second-order valence-electron chi connectivity index (χ2n) is 9.16. The zero-order valence-corrected chi connectivity index (χ0v) is 20.7. The lowest BCUT2D eigenvalue weighted by Crippen LogP contribution is -2.48. The number of nitrogens with zero attached hydrogens (tertiary/aromatic N) is 5. The van der Waals surface area contributed by atoms with Gasteiger partial charge >= 0.3 is 0 Å². The molecule has 2 fully saturated rings. The van der Waals surface area contributed by atoms with Crippen molar-refractivity contribution < 1.29 is 14.3 Å². The lowest BCUT2D eigenvalue weighted by atomic mass is 10.1. The number of carbonyl (C=O) groups excluding carboxylic acids is 2. The van der Waals surface area contributed by atoms with Crippen LogP contribution in [0.2, 0.25) is 0 Å². The number of benzene rings is 1. The van der Waals surface area contributed by atoms with Crippen LogP contribution in [0.25, 0.3) is 5.65 Å². The summed E-state index contributed by atoms with van der Waals surface area (Å²) in [6.45, 7) is 6.39. The Balaban J connectivity index is 1.30. The van der Waals surface area contributed by atoms with Crippen LogP contribution in [0, 0.1) is 0 Å². The Bertz CT molecular complexity index is 1250. The number of hydrogen-bond donors (Lipinski definition) is 3. The van der Waals surface area contributed by atoms with Crippen molar-refractivity contribution in [3.63, 3.8) is 0 Å². The molecule has 0 spiro atoms. The van der Waals surface area contributed by atoms with Crippen LogP contribution in [-0.4, -0.2) is 83.7 Å². The van der Waals surface area contributed by atoms with E-state index in [9.17, 15) is 9.59 Å². The maximum Gasteiger partial charge on any atom is 0.261 e. The van der Waals surface area contributed by atoms with Gasteiger partial charge in [-0.2, -0.15) is 5.10 Å². The fourth-order valence-corrected chi connectivity index (χ4v) is 4.74. The van der Waals surface area contributed by atoms with E-state index in [1.165, 1.54) is 6.20 Å². The van der Waals surface area contributed by atoms with Gasteiger partial charge in [-0.25, -0.2) is 9.50 Å². The third kappa shape index (κ3) is 5.06. The first-order valence-electron chi connectivity index (χ1n) is 12.3. The van der Waals surface area contributed by atoms with Crippen LogP contribution in [0.4, 0.5) is 17.2 Å². The first kappa shape index (κ1) is 23.9. The lowest BCUT2D eigenvalue weighted by molar-refractivity contribution is -0.129. The van der Waals surface area contributed by atoms with E-state index in [1.54, 1.807) is 24.7 Å². The van der Waals surface area contributed by atoms with Crippen LogP contribution < -0.4 is 25.6 Å². The highest BCUT2D eigenvalue weighted by molar-refractivity contribution is 6.08. The van der Waals surface area contributed by atoms with Gasteiger partial charge in [-0.05, 0) is 37.6 Å². The highest BCUT2D eigenvalue weighted by Gasteiger charge is 2.21. The summed E-state index contributed by atoms with van der Waals surface area (Å²) in [5, 5.41) is 14.1. The monoisotopic (exact) mass is 492 g/mol. The van der Waals surface area contributed by atoms with Gasteiger partial charge in [0.05, 0.1) is 19.0 Å². The quantitative estimate of drug-likeness (QED) is 0.477. The average molecular weight is 493 g/mol. The third-order valence-corrected chi connectivity index (χ3v) is 6.79. The molecule has 2 saturated heterocycles. The van der Waals surface area contributed by atoms with Crippen molar-refractivity contribution in [2.45, 2.75) is 25.8 Å². The van der Waals surface area contributed by atoms with Gasteiger partial charge < -0.3 is 30.5 Å². The zero-order valence-electron chi connectivity index (χ0n) is 20.7. The molecule has 2 amide bonds. The zero-order chi connectivity index (χ0) is 25.1. The van der Waals surface area contributed by atoms with Crippen LogP contribution in [0.5, 0.6) is 5.75 Å². The predicted molar refractivity (Wildman–Crippen MR) is 138 cm³/mol. The van der Waals surface area contributed by atoms with Crippen LogP contribution in [0.1, 0.15) is 30.1 Å². The molecule has 1 aromatic carbocycles. The van der Waals surface area contributed by atoms with Crippen LogP contribution >= 0.6 is 0 Å². The predicted octanol–water partition coefficient (Wildman–Crippen LogP) is 1.82. The van der Waals surface area contributed by atoms with Gasteiger partial charge in [0.25, 0.3) is 5.91 Å². The average Bonchev–Trinajstić information content (AvgIpc) is 3.33. The molecule has 2 aliphatic rings. The van der Waals surface area contributed by atoms with Crippen molar-refractivity contribution in [2.24, 2.45) is 0 Å². The smallest absolute Gasteiger partial charge is 0.261 e. The summed E-state index contributed by atoms with van der Waals surface area (Å²) in [6, 6.07) is 7.88. The summed E-state index contributed by atoms with van der Waals surface area (Å²) in [4.78, 5) is 33.5. The minimum atomic E-state index is -0.310. The van der Waals surface area contributed by atoms with Crippen molar-refractivity contribution in [3.8, 4) is 5.75 Å². The van der Waals surface area contributed by atoms with Gasteiger partial charge in [0, 0.05) is 63.6 Å². The Morgan fingerprint density at radius 3 is 2.72 bits per heavy atom. The number of nitrogens with one attached hydrogen (secondary N) is 3. The number of fused-ring (bicyclic) bond motifs is 1. The molecule has 2 aliphatic heterocycles. The standard InChI is InChI=1S/C25H32N8O3/c1-17(34)31-10-12-32(13-11-31)19-5-6-21(22(14-19)36-2)29-25(35)20-16-27-33-9-7-23(30-24(20)33)28-18-4-3-8-26-15-18/h5-7,9,14,16,18,26H,3-4,8,10-13,15H2,1-2H3,(H,28,30)(H,29,35)/t18-/m1/s1. The summed E-state index contributed by atoms with van der Waals surface area (Å²) < 4.78 is 7.18. The van der Waals surface area contributed by atoms with E-state index in [2.05, 4.69) is 30.9 Å². The number of anilines is 3. The summed E-state index contributed by atoms with van der Waals surface area (Å²) in [5.74, 6) is 1.07. The molecule has 190 valence electrons. The molecule has 0 unspecified atom stereocenters. The topological polar surface area (TPSA) is 116 Å². The van der Waals surface area contributed by atoms with Crippen molar-refractivity contribution >= 4 is 34.7 Å². The Labute approximate surface area is 209 Å². The molecule has 5 rings (SSSR count). The first-order chi connectivity index (χ1) is 17.5. The molecular formula is C25H32N8O3. The molecule has 2 aromatic heterocycles. The summed E-state index contributed by atoms with van der Waals surface area (Å²) in [7, 11) is 1.58. The van der Waals surface area contributed by atoms with Gasteiger partial charge in [0.2, 0.25) is 5.91 Å². The molecule has 0 aliphatic carbocycles. The molecule has 0 bridgehead atoms. The number of carbonyl (C=O) groups is 2.